The molecule has 7 heteroatoms. The predicted octanol–water partition coefficient (Wildman–Crippen LogP) is 1.76. The highest BCUT2D eigenvalue weighted by atomic mass is 19.1. The molecule has 1 aliphatic rings. The second kappa shape index (κ2) is 8.63. The average Bonchev–Trinajstić information content (AvgIpc) is 2.53. The molecule has 0 aliphatic carbocycles. The maximum absolute atomic E-state index is 13.5. The van der Waals surface area contributed by atoms with E-state index in [2.05, 4.69) is 10.6 Å². The Balaban J connectivity index is 1.65. The summed E-state index contributed by atoms with van der Waals surface area (Å²) < 4.78 is 19.0. The summed E-state index contributed by atoms with van der Waals surface area (Å²) in [4.78, 5) is 25.6. The molecule has 1 aromatic rings. The maximum atomic E-state index is 13.5. The number of hydrogen-bond acceptors (Lipinski definition) is 3. The highest BCUT2D eigenvalue weighted by molar-refractivity contribution is 5.94. The number of morpholine rings is 1. The van der Waals surface area contributed by atoms with Gasteiger partial charge in [-0.15, -0.1) is 0 Å². The molecular formula is C17H24FN3O3. The first-order valence-corrected chi connectivity index (χ1v) is 8.18. The van der Waals surface area contributed by atoms with E-state index in [4.69, 9.17) is 4.74 Å². The number of nitrogens with zero attached hydrogens (tertiary/aromatic N) is 1. The number of benzene rings is 1. The molecule has 0 aromatic heterocycles. The minimum atomic E-state index is -0.543. The van der Waals surface area contributed by atoms with Crippen LogP contribution in [-0.4, -0.2) is 55.2 Å². The van der Waals surface area contributed by atoms with Crippen LogP contribution in [0.5, 0.6) is 0 Å². The van der Waals surface area contributed by atoms with Gasteiger partial charge >= 0.3 is 6.03 Å². The highest BCUT2D eigenvalue weighted by Gasteiger charge is 2.25. The quantitative estimate of drug-likeness (QED) is 0.805. The molecule has 0 saturated carbocycles. The first-order valence-electron chi connectivity index (χ1n) is 8.18. The molecule has 132 valence electrons. The topological polar surface area (TPSA) is 70.7 Å². The Labute approximate surface area is 141 Å². The van der Waals surface area contributed by atoms with Crippen LogP contribution in [0.2, 0.25) is 0 Å². The summed E-state index contributed by atoms with van der Waals surface area (Å²) in [5.74, 6) is -0.992. The third-order valence-electron chi connectivity index (χ3n) is 3.74. The smallest absolute Gasteiger partial charge is 0.317 e. The van der Waals surface area contributed by atoms with Crippen molar-refractivity contribution in [2.75, 3.05) is 26.2 Å². The largest absolute Gasteiger partial charge is 0.372 e. The Hall–Kier alpha value is -2.15. The lowest BCUT2D eigenvalue weighted by molar-refractivity contribution is -0.0545. The van der Waals surface area contributed by atoms with Crippen LogP contribution in [0, 0.1) is 5.82 Å². The van der Waals surface area contributed by atoms with Gasteiger partial charge in [0, 0.05) is 26.2 Å². The molecule has 1 aliphatic heterocycles. The van der Waals surface area contributed by atoms with Crippen LogP contribution in [0.1, 0.15) is 30.6 Å². The van der Waals surface area contributed by atoms with Crippen LogP contribution >= 0.6 is 0 Å². The van der Waals surface area contributed by atoms with Gasteiger partial charge in [0.15, 0.2) is 0 Å². The number of carbonyl (C=O) groups excluding carboxylic acids is 2. The molecular weight excluding hydrogens is 313 g/mol. The Bertz CT molecular complexity index is 572. The third-order valence-corrected chi connectivity index (χ3v) is 3.74. The van der Waals surface area contributed by atoms with Crippen LogP contribution in [0.25, 0.3) is 0 Å². The van der Waals surface area contributed by atoms with E-state index in [0.717, 1.165) is 0 Å². The zero-order chi connectivity index (χ0) is 17.5. The van der Waals surface area contributed by atoms with Gasteiger partial charge in [0.25, 0.3) is 5.91 Å². The minimum Gasteiger partial charge on any atom is -0.372 e. The van der Waals surface area contributed by atoms with Crippen LogP contribution in [0.3, 0.4) is 0 Å². The molecule has 1 fully saturated rings. The van der Waals surface area contributed by atoms with Gasteiger partial charge in [0.05, 0.1) is 17.8 Å². The molecule has 0 spiro atoms. The Morgan fingerprint density at radius 1 is 1.17 bits per heavy atom. The highest BCUT2D eigenvalue weighted by Crippen LogP contribution is 2.10. The number of nitrogens with one attached hydrogen (secondary N) is 2. The Kier molecular flexibility index (Phi) is 6.54. The van der Waals surface area contributed by atoms with Crippen molar-refractivity contribution in [3.8, 4) is 0 Å². The second-order valence-corrected chi connectivity index (χ2v) is 5.98. The van der Waals surface area contributed by atoms with Gasteiger partial charge in [0.2, 0.25) is 0 Å². The second-order valence-electron chi connectivity index (χ2n) is 5.98. The van der Waals surface area contributed by atoms with Crippen molar-refractivity contribution in [3.63, 3.8) is 0 Å². The fourth-order valence-electron chi connectivity index (χ4n) is 2.68. The monoisotopic (exact) mass is 337 g/mol. The Morgan fingerprint density at radius 2 is 1.79 bits per heavy atom. The molecule has 0 bridgehead atoms. The van der Waals surface area contributed by atoms with E-state index in [1.54, 1.807) is 11.0 Å². The maximum Gasteiger partial charge on any atom is 0.317 e. The van der Waals surface area contributed by atoms with E-state index in [-0.39, 0.29) is 23.8 Å². The normalized spacial score (nSPS) is 20.5. The van der Waals surface area contributed by atoms with E-state index >= 15 is 0 Å². The van der Waals surface area contributed by atoms with Gasteiger partial charge in [-0.25, -0.2) is 9.18 Å². The number of carbonyl (C=O) groups is 2. The summed E-state index contributed by atoms with van der Waals surface area (Å²) >= 11 is 0. The van der Waals surface area contributed by atoms with E-state index in [1.807, 2.05) is 13.8 Å². The minimum absolute atomic E-state index is 0.0258. The van der Waals surface area contributed by atoms with Crippen LogP contribution in [-0.2, 0) is 4.74 Å². The van der Waals surface area contributed by atoms with Crippen LogP contribution in [0.4, 0.5) is 9.18 Å². The van der Waals surface area contributed by atoms with E-state index in [9.17, 15) is 14.0 Å². The standard InChI is InChI=1S/C17H24FN3O3/c1-12-10-21(11-13(2)24-12)17(23)20-9-5-8-19-16(22)14-6-3-4-7-15(14)18/h3-4,6-7,12-13H,5,8-11H2,1-2H3,(H,19,22)(H,20,23). The number of halogens is 1. The predicted molar refractivity (Wildman–Crippen MR) is 88.3 cm³/mol. The first-order chi connectivity index (χ1) is 11.5. The van der Waals surface area contributed by atoms with E-state index in [1.165, 1.54) is 18.2 Å². The molecule has 2 rings (SSSR count). The van der Waals surface area contributed by atoms with Gasteiger partial charge in [-0.05, 0) is 32.4 Å². The fraction of sp³-hybridized carbons (Fsp3) is 0.529. The lowest BCUT2D eigenvalue weighted by atomic mass is 10.2. The lowest BCUT2D eigenvalue weighted by Gasteiger charge is -2.35. The Morgan fingerprint density at radius 3 is 2.46 bits per heavy atom. The molecule has 2 atom stereocenters. The van der Waals surface area contributed by atoms with E-state index < -0.39 is 11.7 Å². The average molecular weight is 337 g/mol. The number of hydrogen-bond donors (Lipinski definition) is 2. The molecule has 2 unspecified atom stereocenters. The number of ether oxygens (including phenoxy) is 1. The van der Waals surface area contributed by atoms with Crippen molar-refractivity contribution in [3.05, 3.63) is 35.6 Å². The van der Waals surface area contributed by atoms with Crippen molar-refractivity contribution in [2.45, 2.75) is 32.5 Å². The molecule has 6 nitrogen and oxygen atoms in total. The van der Waals surface area contributed by atoms with Gasteiger partial charge < -0.3 is 20.3 Å². The summed E-state index contributed by atoms with van der Waals surface area (Å²) in [6, 6.07) is 5.71. The summed E-state index contributed by atoms with van der Waals surface area (Å²) in [5.41, 5.74) is 0.0258. The lowest BCUT2D eigenvalue weighted by Crippen LogP contribution is -2.51. The van der Waals surface area contributed by atoms with Crippen molar-refractivity contribution in [1.29, 1.82) is 0 Å². The van der Waals surface area contributed by atoms with Crippen molar-refractivity contribution in [1.82, 2.24) is 15.5 Å². The summed E-state index contributed by atoms with van der Waals surface area (Å²) in [7, 11) is 0. The molecule has 2 N–H and O–H groups in total. The zero-order valence-electron chi connectivity index (χ0n) is 14.0. The molecule has 1 heterocycles. The molecule has 24 heavy (non-hydrogen) atoms. The summed E-state index contributed by atoms with van der Waals surface area (Å²) in [5, 5.41) is 5.47. The molecule has 3 amide bonds. The van der Waals surface area contributed by atoms with Gasteiger partial charge in [0.1, 0.15) is 5.82 Å². The number of amides is 3. The fourth-order valence-corrected chi connectivity index (χ4v) is 2.68. The molecule has 1 aromatic carbocycles. The first kappa shape index (κ1) is 18.2. The van der Waals surface area contributed by atoms with Crippen LogP contribution in [0.15, 0.2) is 24.3 Å². The van der Waals surface area contributed by atoms with Gasteiger partial charge in [-0.2, -0.15) is 0 Å². The summed E-state index contributed by atoms with van der Waals surface area (Å²) in [6.07, 6.45) is 0.626. The number of rotatable bonds is 5. The van der Waals surface area contributed by atoms with Gasteiger partial charge in [-0.3, -0.25) is 4.79 Å². The third kappa shape index (κ3) is 5.19. The number of urea groups is 1. The molecule has 1 saturated heterocycles. The van der Waals surface area contributed by atoms with E-state index in [0.29, 0.717) is 32.6 Å². The SMILES string of the molecule is CC1CN(C(=O)NCCCNC(=O)c2ccccc2F)CC(C)O1. The van der Waals surface area contributed by atoms with Crippen molar-refractivity contribution < 1.29 is 18.7 Å². The van der Waals surface area contributed by atoms with Crippen molar-refractivity contribution >= 4 is 11.9 Å². The zero-order valence-corrected chi connectivity index (χ0v) is 14.0. The van der Waals surface area contributed by atoms with Gasteiger partial charge in [-0.1, -0.05) is 12.1 Å². The molecule has 0 radical (unpaired) electrons. The summed E-state index contributed by atoms with van der Waals surface area (Å²) in [6.45, 7) is 5.82. The van der Waals surface area contributed by atoms with Crippen LogP contribution < -0.4 is 10.6 Å². The van der Waals surface area contributed by atoms with Crippen molar-refractivity contribution in [2.24, 2.45) is 0 Å².